The average molecular weight is 408 g/mol. The minimum Gasteiger partial charge on any atom is -0.491 e. The lowest BCUT2D eigenvalue weighted by atomic mass is 10.1. The van der Waals surface area contributed by atoms with Gasteiger partial charge < -0.3 is 9.84 Å². The number of benzene rings is 2. The highest BCUT2D eigenvalue weighted by atomic mass is 32.1. The van der Waals surface area contributed by atoms with Crippen molar-refractivity contribution >= 4 is 38.3 Å². The minimum atomic E-state index is -1.12. The van der Waals surface area contributed by atoms with Crippen LogP contribution in [0.2, 0.25) is 0 Å². The normalized spacial score (nSPS) is 11.4. The molecule has 1 N–H and O–H groups in total. The van der Waals surface area contributed by atoms with Gasteiger partial charge in [0.25, 0.3) is 5.56 Å². The third kappa shape index (κ3) is 3.49. The van der Waals surface area contributed by atoms with E-state index in [-0.39, 0.29) is 35.6 Å². The molecule has 6 nitrogen and oxygen atoms in total. The van der Waals surface area contributed by atoms with Crippen molar-refractivity contribution in [3.05, 3.63) is 69.6 Å². The fraction of sp³-hybridized carbons (Fsp3) is 0.227. The van der Waals surface area contributed by atoms with Crippen molar-refractivity contribution in [2.24, 2.45) is 0 Å². The number of aromatic carboxylic acids is 1. The highest BCUT2D eigenvalue weighted by Crippen LogP contribution is 2.26. The van der Waals surface area contributed by atoms with E-state index in [1.54, 1.807) is 0 Å². The number of hydrogen-bond donors (Lipinski definition) is 1. The lowest BCUT2D eigenvalue weighted by molar-refractivity contribution is 0.0699. The van der Waals surface area contributed by atoms with Crippen LogP contribution in [0, 0.1) is 0 Å². The summed E-state index contributed by atoms with van der Waals surface area (Å²) in [5.41, 5.74) is -0.333. The number of carboxylic acid groups (broad SMARTS) is 1. The fourth-order valence-corrected chi connectivity index (χ4v) is 4.33. The summed E-state index contributed by atoms with van der Waals surface area (Å²) in [4.78, 5) is 29.6. The standard InChI is InChI=1S/C22H20N2O4S/c1-13(2)19-23-20-18(16(12-29-20)22(26)27)21(25)24(19)10-11-28-17-9-5-7-14-6-3-4-8-15(14)17/h3-9,12-13H,10-11H2,1-2H3,(H,26,27). The molecular formula is C22H20N2O4S. The molecule has 2 aromatic carbocycles. The molecule has 7 heteroatoms. The Labute approximate surface area is 171 Å². The number of carboxylic acids is 1. The fourth-order valence-electron chi connectivity index (χ4n) is 3.42. The van der Waals surface area contributed by atoms with E-state index in [4.69, 9.17) is 4.74 Å². The van der Waals surface area contributed by atoms with Gasteiger partial charge in [-0.25, -0.2) is 9.78 Å². The Kier molecular flexibility index (Phi) is 5.07. The molecule has 148 valence electrons. The summed E-state index contributed by atoms with van der Waals surface area (Å²) in [5, 5.41) is 13.1. The summed E-state index contributed by atoms with van der Waals surface area (Å²) in [6, 6.07) is 13.8. The van der Waals surface area contributed by atoms with E-state index in [9.17, 15) is 14.7 Å². The van der Waals surface area contributed by atoms with Crippen molar-refractivity contribution in [1.82, 2.24) is 9.55 Å². The van der Waals surface area contributed by atoms with Gasteiger partial charge in [0, 0.05) is 16.7 Å². The highest BCUT2D eigenvalue weighted by Gasteiger charge is 2.20. The smallest absolute Gasteiger partial charge is 0.337 e. The van der Waals surface area contributed by atoms with Crippen LogP contribution < -0.4 is 10.3 Å². The largest absolute Gasteiger partial charge is 0.491 e. The third-order valence-corrected chi connectivity index (χ3v) is 5.66. The summed E-state index contributed by atoms with van der Waals surface area (Å²) in [5.74, 6) is 0.270. The molecule has 29 heavy (non-hydrogen) atoms. The van der Waals surface area contributed by atoms with Gasteiger partial charge in [-0.3, -0.25) is 9.36 Å². The van der Waals surface area contributed by atoms with Gasteiger partial charge in [0.15, 0.2) is 0 Å². The maximum absolute atomic E-state index is 13.1. The summed E-state index contributed by atoms with van der Waals surface area (Å²) >= 11 is 1.18. The monoisotopic (exact) mass is 408 g/mol. The minimum absolute atomic E-state index is 0.00141. The molecule has 0 bridgehead atoms. The topological polar surface area (TPSA) is 81.4 Å². The lowest BCUT2D eigenvalue weighted by Crippen LogP contribution is -2.28. The summed E-state index contributed by atoms with van der Waals surface area (Å²) in [6.45, 7) is 4.48. The van der Waals surface area contributed by atoms with Crippen LogP contribution in [-0.4, -0.2) is 27.2 Å². The van der Waals surface area contributed by atoms with Crippen LogP contribution >= 0.6 is 11.3 Å². The summed E-state index contributed by atoms with van der Waals surface area (Å²) in [7, 11) is 0. The molecule has 0 unspecified atom stereocenters. The summed E-state index contributed by atoms with van der Waals surface area (Å²) < 4.78 is 7.52. The first-order valence-electron chi connectivity index (χ1n) is 9.33. The van der Waals surface area contributed by atoms with Crippen LogP contribution in [0.1, 0.15) is 35.9 Å². The zero-order valence-corrected chi connectivity index (χ0v) is 16.9. The molecule has 0 aliphatic carbocycles. The van der Waals surface area contributed by atoms with Crippen molar-refractivity contribution in [3.8, 4) is 5.75 Å². The van der Waals surface area contributed by atoms with Crippen molar-refractivity contribution in [3.63, 3.8) is 0 Å². The molecule has 0 radical (unpaired) electrons. The van der Waals surface area contributed by atoms with Crippen molar-refractivity contribution < 1.29 is 14.6 Å². The van der Waals surface area contributed by atoms with Crippen LogP contribution in [-0.2, 0) is 6.54 Å². The number of carbonyl (C=O) groups is 1. The van der Waals surface area contributed by atoms with E-state index in [1.807, 2.05) is 56.3 Å². The molecule has 0 amide bonds. The van der Waals surface area contributed by atoms with Crippen molar-refractivity contribution in [2.45, 2.75) is 26.3 Å². The first-order chi connectivity index (χ1) is 14.0. The number of thiophene rings is 1. The Morgan fingerprint density at radius 3 is 2.72 bits per heavy atom. The number of ether oxygens (including phenoxy) is 1. The number of rotatable bonds is 6. The van der Waals surface area contributed by atoms with Crippen LogP contribution in [0.5, 0.6) is 5.75 Å². The Morgan fingerprint density at radius 2 is 1.97 bits per heavy atom. The van der Waals surface area contributed by atoms with Crippen molar-refractivity contribution in [2.75, 3.05) is 6.61 Å². The van der Waals surface area contributed by atoms with Crippen LogP contribution in [0.3, 0.4) is 0 Å². The van der Waals surface area contributed by atoms with Gasteiger partial charge in [0.1, 0.15) is 23.0 Å². The first-order valence-corrected chi connectivity index (χ1v) is 10.2. The van der Waals surface area contributed by atoms with Crippen LogP contribution in [0.15, 0.2) is 52.6 Å². The Bertz CT molecular complexity index is 1270. The second kappa shape index (κ2) is 7.67. The zero-order chi connectivity index (χ0) is 20.5. The molecule has 0 atom stereocenters. The van der Waals surface area contributed by atoms with E-state index in [1.165, 1.54) is 21.3 Å². The number of aromatic nitrogens is 2. The van der Waals surface area contributed by atoms with Crippen LogP contribution in [0.4, 0.5) is 0 Å². The molecule has 0 aliphatic rings. The molecule has 0 aliphatic heterocycles. The van der Waals surface area contributed by atoms with E-state index in [2.05, 4.69) is 4.98 Å². The van der Waals surface area contributed by atoms with E-state index in [0.717, 1.165) is 16.5 Å². The van der Waals surface area contributed by atoms with Gasteiger partial charge in [-0.1, -0.05) is 50.2 Å². The predicted molar refractivity (Wildman–Crippen MR) is 114 cm³/mol. The van der Waals surface area contributed by atoms with Gasteiger partial charge in [-0.05, 0) is 11.5 Å². The Morgan fingerprint density at radius 1 is 1.21 bits per heavy atom. The highest BCUT2D eigenvalue weighted by molar-refractivity contribution is 7.17. The quantitative estimate of drug-likeness (QED) is 0.508. The molecule has 4 aromatic rings. The second-order valence-corrected chi connectivity index (χ2v) is 7.90. The molecule has 2 heterocycles. The van der Waals surface area contributed by atoms with E-state index < -0.39 is 5.97 Å². The van der Waals surface area contributed by atoms with E-state index in [0.29, 0.717) is 10.7 Å². The second-order valence-electron chi connectivity index (χ2n) is 7.04. The maximum Gasteiger partial charge on any atom is 0.337 e. The van der Waals surface area contributed by atoms with Gasteiger partial charge in [-0.15, -0.1) is 11.3 Å². The molecule has 0 fully saturated rings. The Balaban J connectivity index is 1.69. The third-order valence-electron chi connectivity index (χ3n) is 4.79. The number of nitrogens with zero attached hydrogens (tertiary/aromatic N) is 2. The van der Waals surface area contributed by atoms with Gasteiger partial charge in [0.05, 0.1) is 17.5 Å². The molecule has 0 saturated carbocycles. The molecule has 4 rings (SSSR count). The van der Waals surface area contributed by atoms with Gasteiger partial charge in [-0.2, -0.15) is 0 Å². The number of fused-ring (bicyclic) bond motifs is 2. The van der Waals surface area contributed by atoms with Crippen molar-refractivity contribution in [1.29, 1.82) is 0 Å². The molecule has 0 saturated heterocycles. The van der Waals surface area contributed by atoms with E-state index >= 15 is 0 Å². The molecule has 2 aromatic heterocycles. The predicted octanol–water partition coefficient (Wildman–Crippen LogP) is 4.51. The van der Waals surface area contributed by atoms with Crippen LogP contribution in [0.25, 0.3) is 21.0 Å². The summed E-state index contributed by atoms with van der Waals surface area (Å²) in [6.07, 6.45) is 0. The Hall–Kier alpha value is -3.19. The average Bonchev–Trinajstić information content (AvgIpc) is 3.14. The van der Waals surface area contributed by atoms with Gasteiger partial charge in [0.2, 0.25) is 0 Å². The lowest BCUT2D eigenvalue weighted by Gasteiger charge is -2.16. The van der Waals surface area contributed by atoms with Gasteiger partial charge >= 0.3 is 5.97 Å². The first kappa shape index (κ1) is 19.1. The SMILES string of the molecule is CC(C)c1nc2scc(C(=O)O)c2c(=O)n1CCOc1cccc2ccccc12. The number of hydrogen-bond acceptors (Lipinski definition) is 5. The molecular weight excluding hydrogens is 388 g/mol. The zero-order valence-electron chi connectivity index (χ0n) is 16.1. The maximum atomic E-state index is 13.1. The molecule has 0 spiro atoms.